The summed E-state index contributed by atoms with van der Waals surface area (Å²) in [6.07, 6.45) is 0.937. The first-order chi connectivity index (χ1) is 13.4. The highest BCUT2D eigenvalue weighted by atomic mass is 16.6. The minimum atomic E-state index is -0.769. The molecule has 0 saturated carbocycles. The van der Waals surface area contributed by atoms with Crippen LogP contribution in [0.25, 0.3) is 0 Å². The van der Waals surface area contributed by atoms with E-state index in [9.17, 15) is 29.8 Å². The van der Waals surface area contributed by atoms with Crippen LogP contribution in [0, 0.1) is 26.1 Å². The summed E-state index contributed by atoms with van der Waals surface area (Å²) >= 11 is 0. The van der Waals surface area contributed by atoms with E-state index in [0.29, 0.717) is 31.5 Å². The molecule has 0 bridgehead atoms. The van der Waals surface area contributed by atoms with Crippen molar-refractivity contribution in [2.45, 2.75) is 12.8 Å². The number of hydrogen-bond donors (Lipinski definition) is 0. The lowest BCUT2D eigenvalue weighted by molar-refractivity contribution is -0.394. The second kappa shape index (κ2) is 7.95. The average molecular weight is 383 g/mol. The Kier molecular flexibility index (Phi) is 5.44. The number of nitrogens with zero attached hydrogens (tertiary/aromatic N) is 3. The van der Waals surface area contributed by atoms with Crippen LogP contribution in [-0.2, 0) is 0 Å². The summed E-state index contributed by atoms with van der Waals surface area (Å²) in [7, 11) is 0. The van der Waals surface area contributed by atoms with Crippen molar-refractivity contribution in [1.29, 1.82) is 0 Å². The van der Waals surface area contributed by atoms with Gasteiger partial charge in [-0.15, -0.1) is 0 Å². The van der Waals surface area contributed by atoms with E-state index in [2.05, 4.69) is 0 Å². The van der Waals surface area contributed by atoms with Gasteiger partial charge in [-0.2, -0.15) is 0 Å². The van der Waals surface area contributed by atoms with Gasteiger partial charge in [-0.25, -0.2) is 0 Å². The lowest BCUT2D eigenvalue weighted by Crippen LogP contribution is -2.40. The zero-order valence-electron chi connectivity index (χ0n) is 14.8. The molecule has 2 aromatic rings. The fourth-order valence-corrected chi connectivity index (χ4v) is 3.29. The zero-order chi connectivity index (χ0) is 20.3. The minimum Gasteiger partial charge on any atom is -0.339 e. The molecule has 9 heteroatoms. The molecule has 0 aromatic heterocycles. The van der Waals surface area contributed by atoms with Crippen LogP contribution in [0.3, 0.4) is 0 Å². The van der Waals surface area contributed by atoms with E-state index in [0.717, 1.165) is 18.2 Å². The number of carbonyl (C=O) groups excluding carboxylic acids is 2. The molecule has 1 aliphatic heterocycles. The lowest BCUT2D eigenvalue weighted by atomic mass is 9.88. The van der Waals surface area contributed by atoms with Gasteiger partial charge in [0.25, 0.3) is 17.3 Å². The first kappa shape index (κ1) is 19.2. The van der Waals surface area contributed by atoms with Crippen molar-refractivity contribution >= 4 is 23.1 Å². The highest BCUT2D eigenvalue weighted by Gasteiger charge is 2.30. The maximum Gasteiger partial charge on any atom is 0.277 e. The summed E-state index contributed by atoms with van der Waals surface area (Å²) in [6.45, 7) is 0.608. The Labute approximate surface area is 159 Å². The molecular weight excluding hydrogens is 366 g/mol. The van der Waals surface area contributed by atoms with Gasteiger partial charge in [-0.3, -0.25) is 29.8 Å². The predicted octanol–water partition coefficient (Wildman–Crippen LogP) is 3.24. The number of ketones is 1. The number of nitro benzene ring substituents is 2. The van der Waals surface area contributed by atoms with E-state index in [1.165, 1.54) is 4.90 Å². The molecule has 1 saturated heterocycles. The maximum absolute atomic E-state index is 12.7. The molecule has 9 nitrogen and oxygen atoms in total. The fraction of sp³-hybridized carbons (Fsp3) is 0.263. The topological polar surface area (TPSA) is 124 Å². The van der Waals surface area contributed by atoms with Crippen molar-refractivity contribution in [3.8, 4) is 0 Å². The second-order valence-electron chi connectivity index (χ2n) is 6.55. The van der Waals surface area contributed by atoms with E-state index in [1.54, 1.807) is 24.3 Å². The van der Waals surface area contributed by atoms with Crippen molar-refractivity contribution in [3.05, 3.63) is 79.9 Å². The molecular formula is C19H17N3O6. The molecule has 0 unspecified atom stereocenters. The van der Waals surface area contributed by atoms with Crippen LogP contribution < -0.4 is 0 Å². The zero-order valence-corrected chi connectivity index (χ0v) is 14.8. The maximum atomic E-state index is 12.7. The Balaban J connectivity index is 1.72. The Morgan fingerprint density at radius 2 is 1.39 bits per heavy atom. The van der Waals surface area contributed by atoms with Crippen molar-refractivity contribution in [3.63, 3.8) is 0 Å². The van der Waals surface area contributed by atoms with Gasteiger partial charge in [0.1, 0.15) is 0 Å². The normalized spacial score (nSPS) is 14.5. The van der Waals surface area contributed by atoms with Gasteiger partial charge in [-0.05, 0) is 12.8 Å². The van der Waals surface area contributed by atoms with Crippen LogP contribution in [0.1, 0.15) is 33.6 Å². The van der Waals surface area contributed by atoms with Gasteiger partial charge >= 0.3 is 0 Å². The standard InChI is InChI=1S/C19H17N3O6/c23-18(13-4-2-1-3-5-13)14-6-8-20(9-7-14)19(24)15-10-16(21(25)26)12-17(11-15)22(27)28/h1-5,10-12,14H,6-9H2. The number of piperidine rings is 1. The van der Waals surface area contributed by atoms with Crippen molar-refractivity contribution in [2.24, 2.45) is 5.92 Å². The second-order valence-corrected chi connectivity index (χ2v) is 6.55. The molecule has 1 aliphatic rings. The molecule has 1 amide bonds. The molecule has 3 rings (SSSR count). The largest absolute Gasteiger partial charge is 0.339 e. The van der Waals surface area contributed by atoms with E-state index >= 15 is 0 Å². The van der Waals surface area contributed by atoms with Crippen LogP contribution in [-0.4, -0.2) is 39.5 Å². The van der Waals surface area contributed by atoms with Gasteiger partial charge in [0.2, 0.25) is 0 Å². The molecule has 0 N–H and O–H groups in total. The van der Waals surface area contributed by atoms with Gasteiger partial charge in [-0.1, -0.05) is 30.3 Å². The number of hydrogen-bond acceptors (Lipinski definition) is 6. The number of amides is 1. The third kappa shape index (κ3) is 4.03. The highest BCUT2D eigenvalue weighted by Crippen LogP contribution is 2.26. The van der Waals surface area contributed by atoms with Gasteiger partial charge in [0.05, 0.1) is 21.5 Å². The molecule has 0 radical (unpaired) electrons. The number of nitro groups is 2. The van der Waals surface area contributed by atoms with Crippen molar-refractivity contribution in [1.82, 2.24) is 4.90 Å². The summed E-state index contributed by atoms with van der Waals surface area (Å²) in [4.78, 5) is 47.2. The summed E-state index contributed by atoms with van der Waals surface area (Å²) in [6, 6.07) is 11.8. The third-order valence-corrected chi connectivity index (χ3v) is 4.78. The van der Waals surface area contributed by atoms with Crippen LogP contribution in [0.5, 0.6) is 0 Å². The Morgan fingerprint density at radius 3 is 1.89 bits per heavy atom. The summed E-state index contributed by atoms with van der Waals surface area (Å²) in [5.41, 5.74) is -0.492. The first-order valence-corrected chi connectivity index (χ1v) is 8.69. The monoisotopic (exact) mass is 383 g/mol. The molecule has 2 aromatic carbocycles. The molecule has 0 spiro atoms. The third-order valence-electron chi connectivity index (χ3n) is 4.78. The van der Waals surface area contributed by atoms with Gasteiger partial charge in [0.15, 0.2) is 5.78 Å². The summed E-state index contributed by atoms with van der Waals surface area (Å²) in [5.74, 6) is -0.693. The summed E-state index contributed by atoms with van der Waals surface area (Å²) in [5, 5.41) is 22.0. The number of non-ortho nitro benzene ring substituents is 2. The molecule has 144 valence electrons. The highest BCUT2D eigenvalue weighted by molar-refractivity contribution is 5.98. The average Bonchev–Trinajstić information content (AvgIpc) is 2.73. The van der Waals surface area contributed by atoms with E-state index in [4.69, 9.17) is 0 Å². The van der Waals surface area contributed by atoms with Crippen LogP contribution >= 0.6 is 0 Å². The quantitative estimate of drug-likeness (QED) is 0.443. The lowest BCUT2D eigenvalue weighted by Gasteiger charge is -2.31. The minimum absolute atomic E-state index is 0.0266. The van der Waals surface area contributed by atoms with E-state index < -0.39 is 27.1 Å². The molecule has 0 atom stereocenters. The molecule has 28 heavy (non-hydrogen) atoms. The Hall–Kier alpha value is -3.62. The number of carbonyl (C=O) groups is 2. The van der Waals surface area contributed by atoms with Crippen molar-refractivity contribution < 1.29 is 19.4 Å². The van der Waals surface area contributed by atoms with Crippen LogP contribution in [0.2, 0.25) is 0 Å². The van der Waals surface area contributed by atoms with E-state index in [-0.39, 0.29) is 17.3 Å². The van der Waals surface area contributed by atoms with E-state index in [1.807, 2.05) is 6.07 Å². The number of rotatable bonds is 5. The number of likely N-dealkylation sites (tertiary alicyclic amines) is 1. The van der Waals surface area contributed by atoms with Crippen LogP contribution in [0.4, 0.5) is 11.4 Å². The SMILES string of the molecule is O=C(c1ccccc1)C1CCN(C(=O)c2cc([N+](=O)[O-])cc([N+](=O)[O-])c2)CC1. The fourth-order valence-electron chi connectivity index (χ4n) is 3.29. The Bertz CT molecular complexity index is 904. The van der Waals surface area contributed by atoms with Gasteiger partial charge < -0.3 is 4.90 Å². The van der Waals surface area contributed by atoms with Crippen molar-refractivity contribution in [2.75, 3.05) is 13.1 Å². The first-order valence-electron chi connectivity index (χ1n) is 8.69. The van der Waals surface area contributed by atoms with Gasteiger partial charge in [0, 0.05) is 36.7 Å². The molecule has 1 fully saturated rings. The predicted molar refractivity (Wildman–Crippen MR) is 99.2 cm³/mol. The number of Topliss-reactive ketones (excluding diaryl/α,β-unsaturated/α-hetero) is 1. The Morgan fingerprint density at radius 1 is 0.857 bits per heavy atom. The molecule has 0 aliphatic carbocycles. The smallest absolute Gasteiger partial charge is 0.277 e. The van der Waals surface area contributed by atoms with Crippen LogP contribution in [0.15, 0.2) is 48.5 Å². The summed E-state index contributed by atoms with van der Waals surface area (Å²) < 4.78 is 0. The number of benzene rings is 2. The molecule has 1 heterocycles.